The minimum Gasteiger partial charge on any atom is -0.381 e. The predicted molar refractivity (Wildman–Crippen MR) is 91.1 cm³/mol. The highest BCUT2D eigenvalue weighted by Gasteiger charge is 2.40. The molecule has 0 aromatic rings. The highest BCUT2D eigenvalue weighted by Crippen LogP contribution is 2.31. The van der Waals surface area contributed by atoms with E-state index >= 15 is 0 Å². The molecule has 0 bridgehead atoms. The van der Waals surface area contributed by atoms with Crippen LogP contribution in [0.15, 0.2) is 0 Å². The lowest BCUT2D eigenvalue weighted by molar-refractivity contribution is -0.145. The molecule has 5 nitrogen and oxygen atoms in total. The van der Waals surface area contributed by atoms with Crippen molar-refractivity contribution in [3.05, 3.63) is 0 Å². The number of carbonyl (C=O) groups excluding carboxylic acids is 2. The number of rotatable bonds is 5. The minimum atomic E-state index is -0.254. The molecule has 130 valence electrons. The second-order valence-corrected chi connectivity index (χ2v) is 7.91. The summed E-state index contributed by atoms with van der Waals surface area (Å²) in [5.74, 6) is 2.38. The van der Waals surface area contributed by atoms with Crippen molar-refractivity contribution < 1.29 is 14.3 Å². The average Bonchev–Trinajstić information content (AvgIpc) is 3.33. The fourth-order valence-corrected chi connectivity index (χ4v) is 5.05. The number of hydrogen-bond donors (Lipinski definition) is 0. The van der Waals surface area contributed by atoms with Gasteiger partial charge in [0.25, 0.3) is 0 Å². The SMILES string of the molecule is CCN(C[C@H]1CCOC1)C(=O)[C@H]1CSCN1C(=O)C1CCCC1. The first-order valence-corrected chi connectivity index (χ1v) is 10.1. The summed E-state index contributed by atoms with van der Waals surface area (Å²) in [4.78, 5) is 29.5. The Morgan fingerprint density at radius 2 is 2.04 bits per heavy atom. The molecule has 3 aliphatic rings. The lowest BCUT2D eigenvalue weighted by Gasteiger charge is -2.31. The van der Waals surface area contributed by atoms with E-state index in [0.29, 0.717) is 18.3 Å². The van der Waals surface area contributed by atoms with Gasteiger partial charge >= 0.3 is 0 Å². The van der Waals surface area contributed by atoms with Crippen molar-refractivity contribution in [1.29, 1.82) is 0 Å². The Balaban J connectivity index is 1.62. The third kappa shape index (κ3) is 3.85. The molecule has 1 aliphatic carbocycles. The minimum absolute atomic E-state index is 0.135. The van der Waals surface area contributed by atoms with E-state index in [4.69, 9.17) is 4.74 Å². The fraction of sp³-hybridized carbons (Fsp3) is 0.882. The maximum atomic E-state index is 13.0. The van der Waals surface area contributed by atoms with Gasteiger partial charge in [-0.2, -0.15) is 0 Å². The summed E-state index contributed by atoms with van der Waals surface area (Å²) in [6.45, 7) is 5.07. The molecule has 23 heavy (non-hydrogen) atoms. The van der Waals surface area contributed by atoms with Gasteiger partial charge in [0.05, 0.1) is 12.5 Å². The molecule has 0 radical (unpaired) electrons. The number of ether oxygens (including phenoxy) is 1. The summed E-state index contributed by atoms with van der Waals surface area (Å²) in [5.41, 5.74) is 0. The van der Waals surface area contributed by atoms with Gasteiger partial charge in [-0.3, -0.25) is 9.59 Å². The van der Waals surface area contributed by atoms with E-state index in [9.17, 15) is 9.59 Å². The Morgan fingerprint density at radius 1 is 1.26 bits per heavy atom. The topological polar surface area (TPSA) is 49.9 Å². The van der Waals surface area contributed by atoms with Crippen LogP contribution in [-0.4, -0.2) is 65.6 Å². The molecule has 2 heterocycles. The summed E-state index contributed by atoms with van der Waals surface area (Å²) in [5, 5.41) is 0. The molecule has 0 spiro atoms. The van der Waals surface area contributed by atoms with Crippen molar-refractivity contribution in [3.63, 3.8) is 0 Å². The van der Waals surface area contributed by atoms with Crippen LogP contribution in [-0.2, 0) is 14.3 Å². The second kappa shape index (κ2) is 7.88. The molecule has 0 aromatic heterocycles. The molecule has 1 saturated carbocycles. The van der Waals surface area contributed by atoms with E-state index in [0.717, 1.165) is 57.6 Å². The lowest BCUT2D eigenvalue weighted by Crippen LogP contribution is -2.51. The zero-order valence-electron chi connectivity index (χ0n) is 14.0. The molecule has 0 aromatic carbocycles. The Hall–Kier alpha value is -0.750. The van der Waals surface area contributed by atoms with Crippen LogP contribution in [0.3, 0.4) is 0 Å². The van der Waals surface area contributed by atoms with Crippen LogP contribution in [0.5, 0.6) is 0 Å². The maximum absolute atomic E-state index is 13.0. The molecule has 3 fully saturated rings. The largest absolute Gasteiger partial charge is 0.381 e. The van der Waals surface area contributed by atoms with E-state index in [1.165, 1.54) is 0 Å². The van der Waals surface area contributed by atoms with Gasteiger partial charge in [-0.15, -0.1) is 11.8 Å². The van der Waals surface area contributed by atoms with Gasteiger partial charge in [0, 0.05) is 37.3 Å². The third-order valence-corrected chi connectivity index (χ3v) is 6.36. The zero-order valence-corrected chi connectivity index (χ0v) is 14.9. The monoisotopic (exact) mass is 340 g/mol. The highest BCUT2D eigenvalue weighted by atomic mass is 32.2. The Kier molecular flexibility index (Phi) is 5.85. The van der Waals surface area contributed by atoms with Crippen molar-refractivity contribution in [1.82, 2.24) is 9.80 Å². The number of hydrogen-bond acceptors (Lipinski definition) is 4. The Morgan fingerprint density at radius 3 is 2.70 bits per heavy atom. The molecule has 2 amide bonds. The normalized spacial score (nSPS) is 28.5. The number of carbonyl (C=O) groups is 2. The fourth-order valence-electron chi connectivity index (χ4n) is 3.90. The van der Waals surface area contributed by atoms with Crippen LogP contribution in [0, 0.1) is 11.8 Å². The zero-order chi connectivity index (χ0) is 16.2. The number of nitrogens with zero attached hydrogens (tertiary/aromatic N) is 2. The molecule has 6 heteroatoms. The van der Waals surface area contributed by atoms with Crippen LogP contribution >= 0.6 is 11.8 Å². The standard InChI is InChI=1S/C17H28N2O3S/c1-2-18(9-13-7-8-22-10-13)17(21)15-11-23-12-19(15)16(20)14-5-3-4-6-14/h13-15H,2-12H2,1H3/t13-,15-/m1/s1. The van der Waals surface area contributed by atoms with Crippen molar-refractivity contribution in [3.8, 4) is 0 Å². The summed E-state index contributed by atoms with van der Waals surface area (Å²) in [6.07, 6.45) is 5.33. The van der Waals surface area contributed by atoms with Crippen LogP contribution in [0.1, 0.15) is 39.0 Å². The van der Waals surface area contributed by atoms with Gasteiger partial charge in [0.2, 0.25) is 11.8 Å². The Labute approximate surface area is 143 Å². The van der Waals surface area contributed by atoms with E-state index in [1.807, 2.05) is 16.7 Å². The van der Waals surface area contributed by atoms with Gasteiger partial charge in [-0.25, -0.2) is 0 Å². The summed E-state index contributed by atoms with van der Waals surface area (Å²) >= 11 is 1.71. The van der Waals surface area contributed by atoms with Crippen LogP contribution < -0.4 is 0 Å². The van der Waals surface area contributed by atoms with Gasteiger partial charge in [0.15, 0.2) is 0 Å². The maximum Gasteiger partial charge on any atom is 0.246 e. The molecule has 2 saturated heterocycles. The summed E-state index contributed by atoms with van der Waals surface area (Å²) < 4.78 is 5.43. The van der Waals surface area contributed by atoms with E-state index in [1.54, 1.807) is 11.8 Å². The first-order valence-electron chi connectivity index (χ1n) is 8.95. The van der Waals surface area contributed by atoms with Gasteiger partial charge < -0.3 is 14.5 Å². The van der Waals surface area contributed by atoms with Crippen LogP contribution in [0.2, 0.25) is 0 Å². The molecule has 2 atom stereocenters. The second-order valence-electron chi connectivity index (χ2n) is 6.91. The molecular weight excluding hydrogens is 312 g/mol. The van der Waals surface area contributed by atoms with Gasteiger partial charge in [-0.05, 0) is 26.2 Å². The van der Waals surface area contributed by atoms with E-state index in [2.05, 4.69) is 0 Å². The third-order valence-electron chi connectivity index (χ3n) is 5.35. The molecule has 3 rings (SSSR count). The smallest absolute Gasteiger partial charge is 0.246 e. The van der Waals surface area contributed by atoms with E-state index in [-0.39, 0.29) is 23.8 Å². The van der Waals surface area contributed by atoms with Gasteiger partial charge in [0.1, 0.15) is 6.04 Å². The number of thioether (sulfide) groups is 1. The van der Waals surface area contributed by atoms with Crippen molar-refractivity contribution in [2.75, 3.05) is 37.9 Å². The van der Waals surface area contributed by atoms with Crippen LogP contribution in [0.25, 0.3) is 0 Å². The Bertz CT molecular complexity index is 434. The van der Waals surface area contributed by atoms with Crippen molar-refractivity contribution >= 4 is 23.6 Å². The van der Waals surface area contributed by atoms with E-state index < -0.39 is 0 Å². The first-order chi connectivity index (χ1) is 11.2. The quantitative estimate of drug-likeness (QED) is 0.768. The summed E-state index contributed by atoms with van der Waals surface area (Å²) in [7, 11) is 0. The lowest BCUT2D eigenvalue weighted by atomic mass is 10.1. The van der Waals surface area contributed by atoms with Gasteiger partial charge in [-0.1, -0.05) is 12.8 Å². The average molecular weight is 340 g/mol. The highest BCUT2D eigenvalue weighted by molar-refractivity contribution is 7.99. The molecule has 0 unspecified atom stereocenters. The van der Waals surface area contributed by atoms with Crippen molar-refractivity contribution in [2.45, 2.75) is 45.1 Å². The number of amides is 2. The number of likely N-dealkylation sites (N-methyl/N-ethyl adjacent to an activating group) is 1. The predicted octanol–water partition coefficient (Wildman–Crippen LogP) is 1.96. The molecule has 0 N–H and O–H groups in total. The summed E-state index contributed by atoms with van der Waals surface area (Å²) in [6, 6.07) is -0.254. The molecule has 2 aliphatic heterocycles. The first kappa shape index (κ1) is 17.1. The molecular formula is C17H28N2O3S. The van der Waals surface area contributed by atoms with Crippen LogP contribution in [0.4, 0.5) is 0 Å². The van der Waals surface area contributed by atoms with Crippen molar-refractivity contribution in [2.24, 2.45) is 11.8 Å².